The van der Waals surface area contributed by atoms with Gasteiger partial charge in [-0.15, -0.1) is 11.3 Å². The molecule has 20 heavy (non-hydrogen) atoms. The third-order valence-electron chi connectivity index (χ3n) is 2.87. The molecule has 2 aromatic heterocycles. The third kappa shape index (κ3) is 4.20. The van der Waals surface area contributed by atoms with Crippen molar-refractivity contribution in [3.63, 3.8) is 0 Å². The van der Waals surface area contributed by atoms with Crippen LogP contribution in [0.15, 0.2) is 28.1 Å². The molecule has 0 radical (unpaired) electrons. The molecule has 2 heterocycles. The molecule has 0 fully saturated rings. The van der Waals surface area contributed by atoms with Crippen molar-refractivity contribution in [3.8, 4) is 0 Å². The van der Waals surface area contributed by atoms with Crippen LogP contribution in [0.1, 0.15) is 41.9 Å². The Bertz CT molecular complexity index is 546. The number of rotatable bonds is 6. The molecule has 0 saturated carbocycles. The highest BCUT2D eigenvalue weighted by molar-refractivity contribution is 7.09. The van der Waals surface area contributed by atoms with Gasteiger partial charge in [-0.25, -0.2) is 0 Å². The van der Waals surface area contributed by atoms with E-state index in [-0.39, 0.29) is 11.9 Å². The van der Waals surface area contributed by atoms with E-state index in [0.717, 1.165) is 18.5 Å². The highest BCUT2D eigenvalue weighted by Gasteiger charge is 2.16. The van der Waals surface area contributed by atoms with Crippen LogP contribution < -0.4 is 5.32 Å². The van der Waals surface area contributed by atoms with Crippen molar-refractivity contribution < 1.29 is 9.32 Å². The normalized spacial score (nSPS) is 12.6. The maximum absolute atomic E-state index is 12.0. The van der Waals surface area contributed by atoms with E-state index in [4.69, 9.17) is 4.52 Å². The van der Waals surface area contributed by atoms with Crippen molar-refractivity contribution in [2.24, 2.45) is 5.92 Å². The van der Waals surface area contributed by atoms with Crippen LogP contribution in [0.3, 0.4) is 0 Å². The number of amides is 1. The molecule has 0 aromatic carbocycles. The van der Waals surface area contributed by atoms with E-state index in [1.54, 1.807) is 17.4 Å². The summed E-state index contributed by atoms with van der Waals surface area (Å²) in [5.41, 5.74) is 0.830. The quantitative estimate of drug-likeness (QED) is 0.888. The van der Waals surface area contributed by atoms with Crippen LogP contribution in [-0.2, 0) is 12.8 Å². The van der Waals surface area contributed by atoms with E-state index in [0.29, 0.717) is 11.7 Å². The van der Waals surface area contributed by atoms with Crippen LogP contribution >= 0.6 is 11.3 Å². The van der Waals surface area contributed by atoms with Crippen LogP contribution in [0.25, 0.3) is 0 Å². The number of aromatic nitrogens is 1. The molecule has 1 N–H and O–H groups in total. The van der Waals surface area contributed by atoms with Gasteiger partial charge in [0.25, 0.3) is 5.91 Å². The predicted octanol–water partition coefficient (Wildman–Crippen LogP) is 3.30. The van der Waals surface area contributed by atoms with Crippen LogP contribution in [0, 0.1) is 5.92 Å². The molecule has 2 aromatic rings. The first kappa shape index (κ1) is 14.8. The van der Waals surface area contributed by atoms with Gasteiger partial charge in [-0.3, -0.25) is 4.79 Å². The Kier molecular flexibility index (Phi) is 4.95. The molecule has 108 valence electrons. The zero-order valence-electron chi connectivity index (χ0n) is 12.1. The van der Waals surface area contributed by atoms with Gasteiger partial charge in [0.05, 0.1) is 5.69 Å². The number of hydrogen-bond acceptors (Lipinski definition) is 4. The summed E-state index contributed by atoms with van der Waals surface area (Å²) in [6.45, 7) is 6.21. The second-order valence-corrected chi connectivity index (χ2v) is 6.47. The van der Waals surface area contributed by atoms with Gasteiger partial charge < -0.3 is 9.84 Å². The van der Waals surface area contributed by atoms with E-state index < -0.39 is 0 Å². The van der Waals surface area contributed by atoms with Crippen molar-refractivity contribution in [1.29, 1.82) is 0 Å². The average molecular weight is 292 g/mol. The summed E-state index contributed by atoms with van der Waals surface area (Å²) >= 11 is 1.70. The maximum atomic E-state index is 12.0. The minimum atomic E-state index is -0.198. The molecule has 0 unspecified atom stereocenters. The number of nitrogens with zero attached hydrogens (tertiary/aromatic N) is 1. The van der Waals surface area contributed by atoms with Gasteiger partial charge in [0.1, 0.15) is 0 Å². The first-order valence-electron chi connectivity index (χ1n) is 6.83. The Morgan fingerprint density at radius 1 is 1.40 bits per heavy atom. The lowest BCUT2D eigenvalue weighted by Gasteiger charge is -2.11. The Labute approximate surface area is 123 Å². The monoisotopic (exact) mass is 292 g/mol. The van der Waals surface area contributed by atoms with Crippen molar-refractivity contribution in [3.05, 3.63) is 39.9 Å². The Morgan fingerprint density at radius 2 is 2.20 bits per heavy atom. The summed E-state index contributed by atoms with van der Waals surface area (Å²) in [6.07, 6.45) is 1.65. The Morgan fingerprint density at radius 3 is 2.85 bits per heavy atom. The van der Waals surface area contributed by atoms with Gasteiger partial charge in [-0.05, 0) is 30.7 Å². The van der Waals surface area contributed by atoms with E-state index in [1.165, 1.54) is 4.88 Å². The Balaban J connectivity index is 1.89. The smallest absolute Gasteiger partial charge is 0.290 e. The highest BCUT2D eigenvalue weighted by atomic mass is 32.1. The minimum Gasteiger partial charge on any atom is -0.351 e. The largest absolute Gasteiger partial charge is 0.351 e. The SMILES string of the molecule is CC(C)Cc1cc(C(=O)N[C@H](C)Cc2cccs2)on1. The van der Waals surface area contributed by atoms with Gasteiger partial charge in [-0.2, -0.15) is 0 Å². The van der Waals surface area contributed by atoms with Crippen molar-refractivity contribution in [2.45, 2.75) is 39.7 Å². The summed E-state index contributed by atoms with van der Waals surface area (Å²) in [5.74, 6) is 0.587. The summed E-state index contributed by atoms with van der Waals surface area (Å²) < 4.78 is 5.10. The number of thiophene rings is 1. The van der Waals surface area contributed by atoms with Gasteiger partial charge in [0.15, 0.2) is 0 Å². The maximum Gasteiger partial charge on any atom is 0.290 e. The molecule has 2 rings (SSSR count). The lowest BCUT2D eigenvalue weighted by atomic mass is 10.1. The van der Waals surface area contributed by atoms with Crippen molar-refractivity contribution >= 4 is 17.2 Å². The van der Waals surface area contributed by atoms with Crippen LogP contribution in [-0.4, -0.2) is 17.1 Å². The molecule has 0 bridgehead atoms. The average Bonchev–Trinajstić information content (AvgIpc) is 2.99. The molecule has 0 spiro atoms. The number of carbonyl (C=O) groups excluding carboxylic acids is 1. The van der Waals surface area contributed by atoms with E-state index >= 15 is 0 Å². The van der Waals surface area contributed by atoms with E-state index in [1.807, 2.05) is 18.4 Å². The minimum absolute atomic E-state index is 0.0693. The zero-order valence-corrected chi connectivity index (χ0v) is 12.9. The molecule has 5 heteroatoms. The van der Waals surface area contributed by atoms with Crippen LogP contribution in [0.5, 0.6) is 0 Å². The van der Waals surface area contributed by atoms with Gasteiger partial charge in [0.2, 0.25) is 5.76 Å². The molecule has 1 amide bonds. The molecular weight excluding hydrogens is 272 g/mol. The number of hydrogen-bond donors (Lipinski definition) is 1. The van der Waals surface area contributed by atoms with Crippen molar-refractivity contribution in [1.82, 2.24) is 10.5 Å². The first-order valence-corrected chi connectivity index (χ1v) is 7.71. The third-order valence-corrected chi connectivity index (χ3v) is 3.76. The fraction of sp³-hybridized carbons (Fsp3) is 0.467. The molecule has 0 aliphatic heterocycles. The van der Waals surface area contributed by atoms with Gasteiger partial charge >= 0.3 is 0 Å². The van der Waals surface area contributed by atoms with Crippen LogP contribution in [0.4, 0.5) is 0 Å². The van der Waals surface area contributed by atoms with Crippen molar-refractivity contribution in [2.75, 3.05) is 0 Å². The van der Waals surface area contributed by atoms with Gasteiger partial charge in [-0.1, -0.05) is 25.1 Å². The van der Waals surface area contributed by atoms with Gasteiger partial charge in [0, 0.05) is 23.4 Å². The van der Waals surface area contributed by atoms with Crippen LogP contribution in [0.2, 0.25) is 0 Å². The fourth-order valence-electron chi connectivity index (χ4n) is 2.01. The predicted molar refractivity (Wildman–Crippen MR) is 80.0 cm³/mol. The molecule has 1 atom stereocenters. The molecule has 0 aliphatic rings. The second kappa shape index (κ2) is 6.70. The summed E-state index contributed by atoms with van der Waals surface area (Å²) in [4.78, 5) is 13.3. The summed E-state index contributed by atoms with van der Waals surface area (Å²) in [6, 6.07) is 5.89. The topological polar surface area (TPSA) is 55.1 Å². The fourth-order valence-corrected chi connectivity index (χ4v) is 2.85. The number of carbonyl (C=O) groups is 1. The first-order chi connectivity index (χ1) is 9.54. The van der Waals surface area contributed by atoms with E-state index in [2.05, 4.69) is 30.4 Å². The number of nitrogens with one attached hydrogen (secondary N) is 1. The summed E-state index contributed by atoms with van der Waals surface area (Å²) in [7, 11) is 0. The lowest BCUT2D eigenvalue weighted by molar-refractivity contribution is 0.0903. The molecule has 0 saturated heterocycles. The standard InChI is InChI=1S/C15H20N2O2S/c1-10(2)7-12-9-14(19-17-12)15(18)16-11(3)8-13-5-4-6-20-13/h4-6,9-11H,7-8H2,1-3H3,(H,16,18)/t11-/m1/s1. The molecule has 0 aliphatic carbocycles. The summed E-state index contributed by atoms with van der Waals surface area (Å²) in [5, 5.41) is 8.90. The highest BCUT2D eigenvalue weighted by Crippen LogP contribution is 2.12. The zero-order chi connectivity index (χ0) is 14.5. The second-order valence-electron chi connectivity index (χ2n) is 5.44. The molecule has 4 nitrogen and oxygen atoms in total. The Hall–Kier alpha value is -1.62. The van der Waals surface area contributed by atoms with E-state index in [9.17, 15) is 4.79 Å². The lowest BCUT2D eigenvalue weighted by Crippen LogP contribution is -2.33. The molecular formula is C15H20N2O2S.